The second-order valence-electron chi connectivity index (χ2n) is 4.25. The van der Waals surface area contributed by atoms with Crippen LogP contribution in [-0.2, 0) is 9.53 Å². The number of carbonyl (C=O) groups excluding carboxylic acids is 1. The zero-order chi connectivity index (χ0) is 15.2. The number of pyridine rings is 1. The summed E-state index contributed by atoms with van der Waals surface area (Å²) in [6.45, 7) is 2.11. The second-order valence-corrected chi connectivity index (χ2v) is 6.02. The van der Waals surface area contributed by atoms with Gasteiger partial charge in [0.25, 0.3) is 0 Å². The Kier molecular flexibility index (Phi) is 5.76. The van der Waals surface area contributed by atoms with Crippen LogP contribution in [0.2, 0.25) is 0 Å². The normalized spacial score (nSPS) is 11.8. The van der Waals surface area contributed by atoms with Crippen LogP contribution in [0.5, 0.6) is 0 Å². The monoisotopic (exact) mass is 412 g/mol. The summed E-state index contributed by atoms with van der Waals surface area (Å²) in [6, 6.07) is 8.84. The first-order valence-electron chi connectivity index (χ1n) is 6.40. The summed E-state index contributed by atoms with van der Waals surface area (Å²) in [5.41, 5.74) is 1.55. The minimum Gasteiger partial charge on any atom is -0.464 e. The molecule has 0 saturated carbocycles. The molecule has 1 aromatic heterocycles. The molecule has 0 aliphatic carbocycles. The molecule has 21 heavy (non-hydrogen) atoms. The van der Waals surface area contributed by atoms with E-state index in [9.17, 15) is 4.79 Å². The van der Waals surface area contributed by atoms with E-state index in [2.05, 4.69) is 42.2 Å². The van der Waals surface area contributed by atoms with E-state index in [1.54, 1.807) is 19.3 Å². The Morgan fingerprint density at radius 3 is 2.76 bits per heavy atom. The number of esters is 1. The van der Waals surface area contributed by atoms with Crippen LogP contribution in [-0.4, -0.2) is 17.6 Å². The summed E-state index contributed by atoms with van der Waals surface area (Å²) < 4.78 is 6.84. The lowest BCUT2D eigenvalue weighted by molar-refractivity contribution is -0.144. The minimum atomic E-state index is -0.617. The highest BCUT2D eigenvalue weighted by atomic mass is 79.9. The third-order valence-electron chi connectivity index (χ3n) is 2.76. The van der Waals surface area contributed by atoms with Crippen LogP contribution in [0.3, 0.4) is 0 Å². The van der Waals surface area contributed by atoms with Gasteiger partial charge in [-0.3, -0.25) is 4.98 Å². The van der Waals surface area contributed by atoms with Crippen LogP contribution in [0, 0.1) is 0 Å². The van der Waals surface area contributed by atoms with Gasteiger partial charge in [0.05, 0.1) is 6.61 Å². The molecule has 0 aliphatic rings. The molecule has 1 heterocycles. The number of hydrogen-bond acceptors (Lipinski definition) is 4. The molecule has 6 heteroatoms. The van der Waals surface area contributed by atoms with Crippen molar-refractivity contribution >= 4 is 43.5 Å². The SMILES string of the molecule is CCOC(=O)C(Nc1ccccc1Br)c1cncc(Br)c1. The number of benzene rings is 1. The lowest BCUT2D eigenvalue weighted by Crippen LogP contribution is -2.23. The predicted octanol–water partition coefficient (Wildman–Crippen LogP) is 4.32. The van der Waals surface area contributed by atoms with Gasteiger partial charge in [-0.15, -0.1) is 0 Å². The van der Waals surface area contributed by atoms with Crippen molar-refractivity contribution in [3.05, 3.63) is 57.2 Å². The van der Waals surface area contributed by atoms with Gasteiger partial charge >= 0.3 is 5.97 Å². The smallest absolute Gasteiger partial charge is 0.333 e. The minimum absolute atomic E-state index is 0.328. The number of nitrogens with zero attached hydrogens (tertiary/aromatic N) is 1. The van der Waals surface area contributed by atoms with Crippen molar-refractivity contribution in [2.24, 2.45) is 0 Å². The van der Waals surface area contributed by atoms with Gasteiger partial charge in [-0.1, -0.05) is 12.1 Å². The maximum absolute atomic E-state index is 12.2. The van der Waals surface area contributed by atoms with Crippen molar-refractivity contribution in [1.29, 1.82) is 0 Å². The first-order chi connectivity index (χ1) is 10.1. The van der Waals surface area contributed by atoms with Crippen LogP contribution < -0.4 is 5.32 Å². The van der Waals surface area contributed by atoms with Gasteiger partial charge in [0, 0.05) is 32.6 Å². The van der Waals surface area contributed by atoms with E-state index in [1.807, 2.05) is 30.3 Å². The fourth-order valence-corrected chi connectivity index (χ4v) is 2.61. The molecule has 4 nitrogen and oxygen atoms in total. The maximum Gasteiger partial charge on any atom is 0.333 e. The van der Waals surface area contributed by atoms with Crippen LogP contribution in [0.25, 0.3) is 0 Å². The lowest BCUT2D eigenvalue weighted by Gasteiger charge is -2.19. The molecule has 0 amide bonds. The van der Waals surface area contributed by atoms with Crippen LogP contribution in [0.1, 0.15) is 18.5 Å². The Labute approximate surface area is 140 Å². The predicted molar refractivity (Wildman–Crippen MR) is 89.1 cm³/mol. The third-order valence-corrected chi connectivity index (χ3v) is 3.88. The molecule has 1 unspecified atom stereocenters. The van der Waals surface area contributed by atoms with E-state index in [0.29, 0.717) is 6.61 Å². The van der Waals surface area contributed by atoms with Crippen molar-refractivity contribution in [2.75, 3.05) is 11.9 Å². The largest absolute Gasteiger partial charge is 0.464 e. The molecule has 2 aromatic rings. The summed E-state index contributed by atoms with van der Waals surface area (Å²) in [7, 11) is 0. The van der Waals surface area contributed by atoms with Gasteiger partial charge in [-0.25, -0.2) is 4.79 Å². The topological polar surface area (TPSA) is 51.2 Å². The Balaban J connectivity index is 2.33. The fourth-order valence-electron chi connectivity index (χ4n) is 1.82. The van der Waals surface area contributed by atoms with E-state index in [1.165, 1.54) is 0 Å². The third kappa shape index (κ3) is 4.28. The standard InChI is InChI=1S/C15H14Br2N2O2/c1-2-21-15(20)14(10-7-11(16)9-18-8-10)19-13-6-4-3-5-12(13)17/h3-9,14,19H,2H2,1H3. The van der Waals surface area contributed by atoms with Gasteiger partial charge in [0.2, 0.25) is 0 Å². The van der Waals surface area contributed by atoms with Crippen molar-refractivity contribution in [3.8, 4) is 0 Å². The molecule has 0 saturated heterocycles. The second kappa shape index (κ2) is 7.56. The number of aromatic nitrogens is 1. The van der Waals surface area contributed by atoms with E-state index >= 15 is 0 Å². The molecule has 1 aromatic carbocycles. The Hall–Kier alpha value is -1.40. The Bertz CT molecular complexity index is 635. The number of carbonyl (C=O) groups is 1. The number of hydrogen-bond donors (Lipinski definition) is 1. The van der Waals surface area contributed by atoms with Gasteiger partial charge in [0.15, 0.2) is 6.04 Å². The van der Waals surface area contributed by atoms with Crippen LogP contribution in [0.15, 0.2) is 51.7 Å². The van der Waals surface area contributed by atoms with Crippen LogP contribution >= 0.6 is 31.9 Å². The Morgan fingerprint density at radius 2 is 2.10 bits per heavy atom. The van der Waals surface area contributed by atoms with Crippen molar-refractivity contribution < 1.29 is 9.53 Å². The van der Waals surface area contributed by atoms with E-state index in [0.717, 1.165) is 20.2 Å². The van der Waals surface area contributed by atoms with Gasteiger partial charge < -0.3 is 10.1 Å². The zero-order valence-electron chi connectivity index (χ0n) is 11.3. The quantitative estimate of drug-likeness (QED) is 0.741. The summed E-state index contributed by atoms with van der Waals surface area (Å²) in [5, 5.41) is 3.19. The molecule has 0 bridgehead atoms. The lowest BCUT2D eigenvalue weighted by atomic mass is 10.1. The summed E-state index contributed by atoms with van der Waals surface area (Å²) in [6.07, 6.45) is 3.32. The van der Waals surface area contributed by atoms with Crippen LogP contribution in [0.4, 0.5) is 5.69 Å². The summed E-state index contributed by atoms with van der Waals surface area (Å²) in [5.74, 6) is -0.340. The number of anilines is 1. The number of rotatable bonds is 5. The highest BCUT2D eigenvalue weighted by Gasteiger charge is 2.23. The van der Waals surface area contributed by atoms with Crippen molar-refractivity contribution in [3.63, 3.8) is 0 Å². The highest BCUT2D eigenvalue weighted by molar-refractivity contribution is 9.10. The average molecular weight is 414 g/mol. The summed E-state index contributed by atoms with van der Waals surface area (Å²) >= 11 is 6.83. The molecule has 0 spiro atoms. The number of para-hydroxylation sites is 1. The molecular weight excluding hydrogens is 400 g/mol. The van der Waals surface area contributed by atoms with Crippen molar-refractivity contribution in [2.45, 2.75) is 13.0 Å². The zero-order valence-corrected chi connectivity index (χ0v) is 14.5. The molecule has 0 aliphatic heterocycles. The van der Waals surface area contributed by atoms with E-state index in [-0.39, 0.29) is 5.97 Å². The average Bonchev–Trinajstić information content (AvgIpc) is 2.46. The molecular formula is C15H14Br2N2O2. The van der Waals surface area contributed by atoms with Gasteiger partial charge in [-0.05, 0) is 57.0 Å². The molecule has 110 valence electrons. The summed E-state index contributed by atoms with van der Waals surface area (Å²) in [4.78, 5) is 16.3. The molecule has 2 rings (SSSR count). The van der Waals surface area contributed by atoms with Gasteiger partial charge in [0.1, 0.15) is 0 Å². The molecule has 1 atom stereocenters. The maximum atomic E-state index is 12.2. The first kappa shape index (κ1) is 16.0. The highest BCUT2D eigenvalue weighted by Crippen LogP contribution is 2.27. The van der Waals surface area contributed by atoms with Crippen molar-refractivity contribution in [1.82, 2.24) is 4.98 Å². The number of nitrogens with one attached hydrogen (secondary N) is 1. The fraction of sp³-hybridized carbons (Fsp3) is 0.200. The Morgan fingerprint density at radius 1 is 1.33 bits per heavy atom. The van der Waals surface area contributed by atoms with E-state index < -0.39 is 6.04 Å². The number of halogens is 2. The van der Waals surface area contributed by atoms with Gasteiger partial charge in [-0.2, -0.15) is 0 Å². The molecule has 1 N–H and O–H groups in total. The first-order valence-corrected chi connectivity index (χ1v) is 7.98. The number of ether oxygens (including phenoxy) is 1. The van der Waals surface area contributed by atoms with E-state index in [4.69, 9.17) is 4.74 Å². The molecule has 0 radical (unpaired) electrons. The molecule has 0 fully saturated rings.